The second-order valence-corrected chi connectivity index (χ2v) is 5.27. The fourth-order valence-corrected chi connectivity index (χ4v) is 2.68. The third-order valence-electron chi connectivity index (χ3n) is 4.08. The summed E-state index contributed by atoms with van der Waals surface area (Å²) in [6.07, 6.45) is 2.57. The summed E-state index contributed by atoms with van der Waals surface area (Å²) < 4.78 is 5.12. The van der Waals surface area contributed by atoms with Crippen LogP contribution in [0.2, 0.25) is 0 Å². The molecule has 0 saturated carbocycles. The lowest BCUT2D eigenvalue weighted by Crippen LogP contribution is -2.48. The summed E-state index contributed by atoms with van der Waals surface area (Å²) in [5.41, 5.74) is 0.521. The van der Waals surface area contributed by atoms with Crippen LogP contribution < -0.4 is 4.74 Å². The largest absolute Gasteiger partial charge is 0.497 e. The van der Waals surface area contributed by atoms with Crippen molar-refractivity contribution in [1.82, 2.24) is 4.90 Å². The minimum atomic E-state index is -0.709. The van der Waals surface area contributed by atoms with Crippen molar-refractivity contribution >= 4 is 5.97 Å². The second kappa shape index (κ2) is 5.61. The summed E-state index contributed by atoms with van der Waals surface area (Å²) in [4.78, 5) is 13.5. The first kappa shape index (κ1) is 13.9. The van der Waals surface area contributed by atoms with E-state index in [1.54, 1.807) is 7.11 Å². The zero-order chi connectivity index (χ0) is 13.9. The molecule has 1 aromatic rings. The summed E-state index contributed by atoms with van der Waals surface area (Å²) in [6, 6.07) is 7.95. The van der Waals surface area contributed by atoms with E-state index in [1.807, 2.05) is 31.2 Å². The van der Waals surface area contributed by atoms with Crippen LogP contribution in [-0.2, 0) is 11.2 Å². The number of hydrogen-bond acceptors (Lipinski definition) is 3. The number of carboxylic acid groups (broad SMARTS) is 1. The number of methoxy groups -OCH3 is 1. The number of carboxylic acids is 1. The highest BCUT2D eigenvalue weighted by Gasteiger charge is 2.42. The van der Waals surface area contributed by atoms with Crippen LogP contribution in [0.15, 0.2) is 24.3 Å². The van der Waals surface area contributed by atoms with E-state index in [4.69, 9.17) is 4.74 Å². The van der Waals surface area contributed by atoms with Crippen molar-refractivity contribution in [3.63, 3.8) is 0 Å². The molecule has 1 fully saturated rings. The minimum Gasteiger partial charge on any atom is -0.497 e. The van der Waals surface area contributed by atoms with Gasteiger partial charge in [-0.3, -0.25) is 9.69 Å². The Balaban J connectivity index is 1.96. The van der Waals surface area contributed by atoms with Crippen LogP contribution in [0, 0.1) is 0 Å². The number of rotatable bonds is 5. The molecular weight excluding hydrogens is 242 g/mol. The summed E-state index contributed by atoms with van der Waals surface area (Å²) >= 11 is 0. The Kier molecular flexibility index (Phi) is 4.10. The number of ether oxygens (including phenoxy) is 1. The standard InChI is InChI=1S/C15H21NO3/c1-15(14(17)18)9-3-10-16(15)11-8-12-4-6-13(19-2)7-5-12/h4-7H,3,8-11H2,1-2H3,(H,17,18)/t15-/m0/s1. The van der Waals surface area contributed by atoms with Gasteiger partial charge >= 0.3 is 5.97 Å². The third-order valence-corrected chi connectivity index (χ3v) is 4.08. The maximum absolute atomic E-state index is 11.4. The smallest absolute Gasteiger partial charge is 0.323 e. The Morgan fingerprint density at radius 3 is 2.68 bits per heavy atom. The number of aliphatic carboxylic acids is 1. The number of carbonyl (C=O) groups is 1. The first-order valence-corrected chi connectivity index (χ1v) is 6.67. The van der Waals surface area contributed by atoms with Gasteiger partial charge in [-0.15, -0.1) is 0 Å². The van der Waals surface area contributed by atoms with Gasteiger partial charge in [0, 0.05) is 6.54 Å². The summed E-state index contributed by atoms with van der Waals surface area (Å²) in [5.74, 6) is 0.139. The Bertz CT molecular complexity index is 443. The lowest BCUT2D eigenvalue weighted by Gasteiger charge is -2.31. The molecule has 1 aromatic carbocycles. The van der Waals surface area contributed by atoms with E-state index >= 15 is 0 Å². The molecule has 4 nitrogen and oxygen atoms in total. The van der Waals surface area contributed by atoms with E-state index in [1.165, 1.54) is 5.56 Å². The molecule has 104 valence electrons. The molecule has 0 spiro atoms. The lowest BCUT2D eigenvalue weighted by molar-refractivity contribution is -0.148. The highest BCUT2D eigenvalue weighted by molar-refractivity contribution is 5.78. The van der Waals surface area contributed by atoms with E-state index in [-0.39, 0.29) is 0 Å². The Hall–Kier alpha value is -1.55. The molecule has 1 aliphatic heterocycles. The molecular formula is C15H21NO3. The number of hydrogen-bond donors (Lipinski definition) is 1. The van der Waals surface area contributed by atoms with Crippen molar-refractivity contribution in [1.29, 1.82) is 0 Å². The Morgan fingerprint density at radius 2 is 2.11 bits per heavy atom. The van der Waals surface area contributed by atoms with Crippen molar-refractivity contribution < 1.29 is 14.6 Å². The maximum Gasteiger partial charge on any atom is 0.323 e. The van der Waals surface area contributed by atoms with Crippen molar-refractivity contribution in [3.8, 4) is 5.75 Å². The van der Waals surface area contributed by atoms with Crippen LogP contribution in [0.5, 0.6) is 5.75 Å². The molecule has 4 heteroatoms. The predicted octanol–water partition coefficient (Wildman–Crippen LogP) is 2.18. The fraction of sp³-hybridized carbons (Fsp3) is 0.533. The van der Waals surface area contributed by atoms with Gasteiger partial charge in [0.1, 0.15) is 11.3 Å². The zero-order valence-electron chi connectivity index (χ0n) is 11.6. The van der Waals surface area contributed by atoms with Crippen molar-refractivity contribution in [2.75, 3.05) is 20.2 Å². The molecule has 0 amide bonds. The lowest BCUT2D eigenvalue weighted by atomic mass is 9.99. The molecule has 2 rings (SSSR count). The van der Waals surface area contributed by atoms with E-state index < -0.39 is 11.5 Å². The molecule has 1 heterocycles. The van der Waals surface area contributed by atoms with E-state index in [9.17, 15) is 9.90 Å². The SMILES string of the molecule is COc1ccc(CCN2CCC[C@@]2(C)C(=O)O)cc1. The number of benzene rings is 1. The summed E-state index contributed by atoms with van der Waals surface area (Å²) in [6.45, 7) is 3.49. The van der Waals surface area contributed by atoms with Gasteiger partial charge in [-0.2, -0.15) is 0 Å². The second-order valence-electron chi connectivity index (χ2n) is 5.27. The van der Waals surface area contributed by atoms with Gasteiger partial charge < -0.3 is 9.84 Å². The van der Waals surface area contributed by atoms with Crippen molar-refractivity contribution in [2.45, 2.75) is 31.7 Å². The van der Waals surface area contributed by atoms with Crippen molar-refractivity contribution in [3.05, 3.63) is 29.8 Å². The van der Waals surface area contributed by atoms with Gasteiger partial charge in [0.25, 0.3) is 0 Å². The first-order chi connectivity index (χ1) is 9.06. The Labute approximate surface area is 114 Å². The van der Waals surface area contributed by atoms with E-state index in [0.717, 1.165) is 38.1 Å². The fourth-order valence-electron chi connectivity index (χ4n) is 2.68. The van der Waals surface area contributed by atoms with E-state index in [2.05, 4.69) is 4.90 Å². The highest BCUT2D eigenvalue weighted by Crippen LogP contribution is 2.29. The molecule has 1 N–H and O–H groups in total. The quantitative estimate of drug-likeness (QED) is 0.884. The molecule has 1 saturated heterocycles. The number of likely N-dealkylation sites (tertiary alicyclic amines) is 1. The molecule has 1 aliphatic rings. The molecule has 0 aromatic heterocycles. The topological polar surface area (TPSA) is 49.8 Å². The normalized spacial score (nSPS) is 23.5. The molecule has 0 bridgehead atoms. The average Bonchev–Trinajstić information content (AvgIpc) is 2.80. The van der Waals surface area contributed by atoms with Gasteiger partial charge in [-0.1, -0.05) is 12.1 Å². The van der Waals surface area contributed by atoms with Crippen LogP contribution in [0.3, 0.4) is 0 Å². The molecule has 19 heavy (non-hydrogen) atoms. The van der Waals surface area contributed by atoms with E-state index in [0.29, 0.717) is 0 Å². The Morgan fingerprint density at radius 1 is 1.42 bits per heavy atom. The summed E-state index contributed by atoms with van der Waals surface area (Å²) in [7, 11) is 1.65. The number of nitrogens with zero attached hydrogens (tertiary/aromatic N) is 1. The first-order valence-electron chi connectivity index (χ1n) is 6.67. The summed E-state index contributed by atoms with van der Waals surface area (Å²) in [5, 5.41) is 9.35. The van der Waals surface area contributed by atoms with Crippen molar-refractivity contribution in [2.24, 2.45) is 0 Å². The van der Waals surface area contributed by atoms with Gasteiger partial charge in [0.2, 0.25) is 0 Å². The average molecular weight is 263 g/mol. The van der Waals surface area contributed by atoms with Crippen LogP contribution in [-0.4, -0.2) is 41.7 Å². The molecule has 0 unspecified atom stereocenters. The highest BCUT2D eigenvalue weighted by atomic mass is 16.5. The minimum absolute atomic E-state index is 0.688. The maximum atomic E-state index is 11.4. The molecule has 1 atom stereocenters. The molecule has 0 aliphatic carbocycles. The zero-order valence-corrected chi connectivity index (χ0v) is 11.6. The van der Waals surface area contributed by atoms with Gasteiger partial charge in [-0.25, -0.2) is 0 Å². The van der Waals surface area contributed by atoms with Gasteiger partial charge in [0.05, 0.1) is 7.11 Å². The predicted molar refractivity (Wildman–Crippen MR) is 73.5 cm³/mol. The van der Waals surface area contributed by atoms with Crippen LogP contribution in [0.25, 0.3) is 0 Å². The van der Waals surface area contributed by atoms with Crippen LogP contribution in [0.4, 0.5) is 0 Å². The molecule has 0 radical (unpaired) electrons. The van der Waals surface area contributed by atoms with Crippen LogP contribution >= 0.6 is 0 Å². The monoisotopic (exact) mass is 263 g/mol. The van der Waals surface area contributed by atoms with Gasteiger partial charge in [0.15, 0.2) is 0 Å². The van der Waals surface area contributed by atoms with Crippen LogP contribution in [0.1, 0.15) is 25.3 Å². The van der Waals surface area contributed by atoms with Gasteiger partial charge in [-0.05, 0) is 50.4 Å². The third kappa shape index (κ3) is 2.89.